The van der Waals surface area contributed by atoms with E-state index in [1.54, 1.807) is 6.20 Å². The van der Waals surface area contributed by atoms with Crippen molar-refractivity contribution in [1.82, 2.24) is 14.5 Å². The zero-order valence-corrected chi connectivity index (χ0v) is 12.6. The Balaban J connectivity index is 1.99. The molecule has 112 valence electrons. The highest BCUT2D eigenvalue weighted by Crippen LogP contribution is 2.28. The molecule has 0 saturated heterocycles. The van der Waals surface area contributed by atoms with Gasteiger partial charge >= 0.3 is 0 Å². The van der Waals surface area contributed by atoms with Gasteiger partial charge in [-0.15, -0.1) is 0 Å². The number of halogens is 1. The Morgan fingerprint density at radius 1 is 1.38 bits per heavy atom. The summed E-state index contributed by atoms with van der Waals surface area (Å²) in [5.41, 5.74) is 1.70. The summed E-state index contributed by atoms with van der Waals surface area (Å²) in [6.45, 7) is -0.0483. The quantitative estimate of drug-likeness (QED) is 0.886. The molecule has 1 unspecified atom stereocenters. The van der Waals surface area contributed by atoms with Crippen molar-refractivity contribution in [2.45, 2.75) is 23.9 Å². The first-order valence-electron chi connectivity index (χ1n) is 6.42. The maximum absolute atomic E-state index is 12.7. The lowest BCUT2D eigenvalue weighted by Crippen LogP contribution is -2.46. The van der Waals surface area contributed by atoms with E-state index < -0.39 is 16.1 Å². The van der Waals surface area contributed by atoms with Crippen LogP contribution in [0.25, 0.3) is 0 Å². The molecule has 1 aromatic carbocycles. The molecule has 1 atom stereocenters. The van der Waals surface area contributed by atoms with Gasteiger partial charge in [-0.05, 0) is 24.3 Å². The highest BCUT2D eigenvalue weighted by atomic mass is 35.5. The topological polar surface area (TPSA) is 86.3 Å². The third-order valence-corrected chi connectivity index (χ3v) is 5.78. The SMILES string of the molecule is O=S(=O)(c1ccc(Cl)cc1)N1Cc2cn[nH]c2CC1CO. The van der Waals surface area contributed by atoms with E-state index in [-0.39, 0.29) is 18.0 Å². The summed E-state index contributed by atoms with van der Waals surface area (Å²) in [7, 11) is -3.69. The number of hydrogen-bond donors (Lipinski definition) is 2. The number of H-pyrrole nitrogens is 1. The maximum Gasteiger partial charge on any atom is 0.243 e. The fourth-order valence-electron chi connectivity index (χ4n) is 2.46. The zero-order chi connectivity index (χ0) is 15.0. The number of benzene rings is 1. The van der Waals surface area contributed by atoms with Gasteiger partial charge in [0, 0.05) is 29.2 Å². The Kier molecular flexibility index (Phi) is 3.75. The molecular formula is C13H14ClN3O3S. The van der Waals surface area contributed by atoms with Gasteiger partial charge in [0.1, 0.15) is 0 Å². The summed E-state index contributed by atoms with van der Waals surface area (Å²) in [5, 5.41) is 16.8. The number of hydrogen-bond acceptors (Lipinski definition) is 4. The summed E-state index contributed by atoms with van der Waals surface area (Å²) in [4.78, 5) is 0.164. The summed E-state index contributed by atoms with van der Waals surface area (Å²) in [5.74, 6) is 0. The van der Waals surface area contributed by atoms with Gasteiger partial charge < -0.3 is 5.11 Å². The van der Waals surface area contributed by atoms with E-state index in [1.165, 1.54) is 28.6 Å². The van der Waals surface area contributed by atoms with E-state index in [2.05, 4.69) is 10.2 Å². The Morgan fingerprint density at radius 2 is 2.10 bits per heavy atom. The molecule has 0 fully saturated rings. The number of aromatic nitrogens is 2. The van der Waals surface area contributed by atoms with Gasteiger partial charge in [0.05, 0.1) is 23.7 Å². The molecule has 0 bridgehead atoms. The van der Waals surface area contributed by atoms with E-state index in [4.69, 9.17) is 11.6 Å². The minimum Gasteiger partial charge on any atom is -0.395 e. The largest absolute Gasteiger partial charge is 0.395 e. The molecule has 1 aromatic heterocycles. The molecule has 2 aromatic rings. The van der Waals surface area contributed by atoms with Gasteiger partial charge in [0.15, 0.2) is 0 Å². The van der Waals surface area contributed by atoms with E-state index in [0.29, 0.717) is 11.4 Å². The van der Waals surface area contributed by atoms with Crippen LogP contribution in [0, 0.1) is 0 Å². The molecule has 6 nitrogen and oxygen atoms in total. The molecule has 0 aliphatic carbocycles. The minimum absolute atomic E-state index is 0.164. The van der Waals surface area contributed by atoms with Crippen LogP contribution in [0.3, 0.4) is 0 Å². The number of aliphatic hydroxyl groups excluding tert-OH is 1. The Morgan fingerprint density at radius 3 is 2.76 bits per heavy atom. The lowest BCUT2D eigenvalue weighted by molar-refractivity contribution is 0.173. The highest BCUT2D eigenvalue weighted by molar-refractivity contribution is 7.89. The number of nitrogens with zero attached hydrogens (tertiary/aromatic N) is 2. The Bertz CT molecular complexity index is 742. The first kappa shape index (κ1) is 14.5. The minimum atomic E-state index is -3.69. The Hall–Kier alpha value is -1.41. The van der Waals surface area contributed by atoms with Gasteiger partial charge in [0.25, 0.3) is 0 Å². The molecule has 2 heterocycles. The van der Waals surface area contributed by atoms with Gasteiger partial charge in [-0.1, -0.05) is 11.6 Å². The fourth-order valence-corrected chi connectivity index (χ4v) is 4.18. The fraction of sp³-hybridized carbons (Fsp3) is 0.308. The highest BCUT2D eigenvalue weighted by Gasteiger charge is 2.36. The average Bonchev–Trinajstić information content (AvgIpc) is 2.93. The second-order valence-electron chi connectivity index (χ2n) is 4.92. The molecule has 3 rings (SSSR count). The van der Waals surface area contributed by atoms with Crippen LogP contribution in [0.15, 0.2) is 35.4 Å². The van der Waals surface area contributed by atoms with Gasteiger partial charge in [-0.3, -0.25) is 5.10 Å². The van der Waals surface area contributed by atoms with Crippen molar-refractivity contribution < 1.29 is 13.5 Å². The predicted octanol–water partition coefficient (Wildman–Crippen LogP) is 1.17. The summed E-state index contributed by atoms with van der Waals surface area (Å²) in [6, 6.07) is 5.51. The molecule has 0 amide bonds. The van der Waals surface area contributed by atoms with Crippen molar-refractivity contribution in [3.63, 3.8) is 0 Å². The van der Waals surface area contributed by atoms with Crippen molar-refractivity contribution in [2.75, 3.05) is 6.61 Å². The van der Waals surface area contributed by atoms with Crippen molar-refractivity contribution >= 4 is 21.6 Å². The van der Waals surface area contributed by atoms with Crippen LogP contribution in [-0.2, 0) is 23.0 Å². The van der Waals surface area contributed by atoms with Gasteiger partial charge in [0.2, 0.25) is 10.0 Å². The first-order chi connectivity index (χ1) is 10.0. The van der Waals surface area contributed by atoms with Crippen molar-refractivity contribution in [3.8, 4) is 0 Å². The molecule has 21 heavy (non-hydrogen) atoms. The van der Waals surface area contributed by atoms with E-state index >= 15 is 0 Å². The maximum atomic E-state index is 12.7. The van der Waals surface area contributed by atoms with Gasteiger partial charge in [-0.25, -0.2) is 8.42 Å². The van der Waals surface area contributed by atoms with Gasteiger partial charge in [-0.2, -0.15) is 9.40 Å². The first-order valence-corrected chi connectivity index (χ1v) is 8.23. The smallest absolute Gasteiger partial charge is 0.243 e. The number of rotatable bonds is 3. The van der Waals surface area contributed by atoms with Crippen LogP contribution >= 0.6 is 11.6 Å². The van der Waals surface area contributed by atoms with Crippen LogP contribution in [0.2, 0.25) is 5.02 Å². The van der Waals surface area contributed by atoms with E-state index in [1.807, 2.05) is 0 Å². The van der Waals surface area contributed by atoms with Crippen molar-refractivity contribution in [3.05, 3.63) is 46.7 Å². The van der Waals surface area contributed by atoms with Crippen LogP contribution in [0.4, 0.5) is 0 Å². The second-order valence-corrected chi connectivity index (χ2v) is 7.25. The number of aromatic amines is 1. The monoisotopic (exact) mass is 327 g/mol. The Labute approximate surface area is 127 Å². The standard InChI is InChI=1S/C13H14ClN3O3S/c14-10-1-3-12(4-2-10)21(19,20)17-7-9-6-15-16-13(9)5-11(17)8-18/h1-4,6,11,18H,5,7-8H2,(H,15,16). The third-order valence-electron chi connectivity index (χ3n) is 3.61. The molecular weight excluding hydrogens is 314 g/mol. The number of sulfonamides is 1. The molecule has 0 saturated carbocycles. The van der Waals surface area contributed by atoms with E-state index in [9.17, 15) is 13.5 Å². The van der Waals surface area contributed by atoms with Crippen LogP contribution < -0.4 is 0 Å². The number of aliphatic hydroxyl groups is 1. The second kappa shape index (κ2) is 5.42. The normalized spacial score (nSPS) is 19.4. The third kappa shape index (κ3) is 2.57. The molecule has 1 aliphatic heterocycles. The molecule has 2 N–H and O–H groups in total. The van der Waals surface area contributed by atoms with Crippen molar-refractivity contribution in [1.29, 1.82) is 0 Å². The van der Waals surface area contributed by atoms with Crippen LogP contribution in [0.5, 0.6) is 0 Å². The zero-order valence-electron chi connectivity index (χ0n) is 11.0. The number of fused-ring (bicyclic) bond motifs is 1. The predicted molar refractivity (Wildman–Crippen MR) is 77.3 cm³/mol. The molecule has 1 aliphatic rings. The molecule has 0 spiro atoms. The van der Waals surface area contributed by atoms with E-state index in [0.717, 1.165) is 11.3 Å². The summed E-state index contributed by atoms with van der Waals surface area (Å²) >= 11 is 5.79. The van der Waals surface area contributed by atoms with Crippen LogP contribution in [-0.4, -0.2) is 40.7 Å². The lowest BCUT2D eigenvalue weighted by Gasteiger charge is -2.33. The summed E-state index contributed by atoms with van der Waals surface area (Å²) < 4.78 is 26.8. The van der Waals surface area contributed by atoms with Crippen LogP contribution in [0.1, 0.15) is 11.3 Å². The molecule has 0 radical (unpaired) electrons. The lowest BCUT2D eigenvalue weighted by atomic mass is 10.0. The summed E-state index contributed by atoms with van der Waals surface area (Å²) in [6.07, 6.45) is 2.03. The average molecular weight is 328 g/mol. The molecule has 8 heteroatoms. The van der Waals surface area contributed by atoms with Crippen molar-refractivity contribution in [2.24, 2.45) is 0 Å². The number of nitrogens with one attached hydrogen (secondary N) is 1.